The van der Waals surface area contributed by atoms with Gasteiger partial charge in [0.2, 0.25) is 10.0 Å². The van der Waals surface area contributed by atoms with E-state index in [2.05, 4.69) is 4.72 Å². The van der Waals surface area contributed by atoms with Crippen molar-refractivity contribution in [1.29, 1.82) is 0 Å². The Labute approximate surface area is 136 Å². The zero-order chi connectivity index (χ0) is 16.3. The lowest BCUT2D eigenvalue weighted by atomic mass is 10.1. The lowest BCUT2D eigenvalue weighted by Gasteiger charge is -2.16. The zero-order valence-corrected chi connectivity index (χ0v) is 14.3. The minimum absolute atomic E-state index is 0.0848. The number of sulfonamides is 1. The van der Waals surface area contributed by atoms with Crippen LogP contribution >= 0.6 is 11.6 Å². The topological polar surface area (TPSA) is 55.4 Å². The van der Waals surface area contributed by atoms with Crippen LogP contribution in [0.2, 0.25) is 5.02 Å². The fourth-order valence-electron chi connectivity index (χ4n) is 2.24. The quantitative estimate of drug-likeness (QED) is 0.907. The highest BCUT2D eigenvalue weighted by molar-refractivity contribution is 7.89. The summed E-state index contributed by atoms with van der Waals surface area (Å²) in [6.45, 7) is 3.69. The molecule has 2 aromatic carbocycles. The zero-order valence-electron chi connectivity index (χ0n) is 12.7. The van der Waals surface area contributed by atoms with Gasteiger partial charge in [-0.25, -0.2) is 13.1 Å². The molecular weight excluding hydrogens is 322 g/mol. The Morgan fingerprint density at radius 3 is 2.41 bits per heavy atom. The van der Waals surface area contributed by atoms with Gasteiger partial charge in [0, 0.05) is 11.6 Å². The third-order valence-electron chi connectivity index (χ3n) is 3.39. The van der Waals surface area contributed by atoms with Crippen LogP contribution in [-0.2, 0) is 16.6 Å². The van der Waals surface area contributed by atoms with Crippen molar-refractivity contribution in [2.75, 3.05) is 7.11 Å². The smallest absolute Gasteiger partial charge is 0.244 e. The van der Waals surface area contributed by atoms with Crippen molar-refractivity contribution >= 4 is 21.6 Å². The van der Waals surface area contributed by atoms with Crippen molar-refractivity contribution in [3.8, 4) is 5.75 Å². The maximum atomic E-state index is 12.6. The number of rotatable bonds is 5. The molecule has 22 heavy (non-hydrogen) atoms. The largest absolute Gasteiger partial charge is 0.495 e. The van der Waals surface area contributed by atoms with Gasteiger partial charge in [-0.3, -0.25) is 0 Å². The third-order valence-corrected chi connectivity index (χ3v) is 5.54. The number of aryl methyl sites for hydroxylation is 1. The first-order chi connectivity index (χ1) is 10.4. The maximum Gasteiger partial charge on any atom is 0.244 e. The number of hydrogen-bond donors (Lipinski definition) is 1. The van der Waals surface area contributed by atoms with E-state index >= 15 is 0 Å². The van der Waals surface area contributed by atoms with Gasteiger partial charge >= 0.3 is 0 Å². The normalized spacial score (nSPS) is 11.5. The lowest BCUT2D eigenvalue weighted by Crippen LogP contribution is -2.24. The molecule has 0 bridgehead atoms. The molecule has 0 spiro atoms. The molecule has 2 rings (SSSR count). The molecular formula is C16H18ClNO3S. The summed E-state index contributed by atoms with van der Waals surface area (Å²) in [7, 11) is -2.29. The van der Waals surface area contributed by atoms with Gasteiger partial charge in [-0.1, -0.05) is 41.9 Å². The molecule has 0 radical (unpaired) electrons. The summed E-state index contributed by atoms with van der Waals surface area (Å²) in [5.41, 5.74) is 2.14. The summed E-state index contributed by atoms with van der Waals surface area (Å²) in [4.78, 5) is 0.0848. The lowest BCUT2D eigenvalue weighted by molar-refractivity contribution is 0.401. The standard InChI is InChI=1S/C16H18ClNO3S/c1-11-9-14(21-3)16(12(2)15(11)17)22(19,20)18-10-13-7-5-4-6-8-13/h4-9,18H,10H2,1-3H3. The SMILES string of the molecule is COc1cc(C)c(Cl)c(C)c1S(=O)(=O)NCc1ccccc1. The first-order valence-corrected chi connectivity index (χ1v) is 8.60. The van der Waals surface area contributed by atoms with Crippen LogP contribution in [0.4, 0.5) is 0 Å². The van der Waals surface area contributed by atoms with E-state index < -0.39 is 10.0 Å². The van der Waals surface area contributed by atoms with Crippen LogP contribution in [0.25, 0.3) is 0 Å². The number of benzene rings is 2. The van der Waals surface area contributed by atoms with Crippen molar-refractivity contribution < 1.29 is 13.2 Å². The first-order valence-electron chi connectivity index (χ1n) is 6.74. The molecule has 1 N–H and O–H groups in total. The minimum atomic E-state index is -3.73. The van der Waals surface area contributed by atoms with Crippen molar-refractivity contribution in [1.82, 2.24) is 4.72 Å². The van der Waals surface area contributed by atoms with E-state index in [1.54, 1.807) is 13.0 Å². The molecule has 0 amide bonds. The number of methoxy groups -OCH3 is 1. The molecule has 0 aromatic heterocycles. The number of hydrogen-bond acceptors (Lipinski definition) is 3. The summed E-state index contributed by atoms with van der Waals surface area (Å²) in [5, 5.41) is 0.431. The first kappa shape index (κ1) is 16.8. The molecule has 4 nitrogen and oxygen atoms in total. The van der Waals surface area contributed by atoms with E-state index in [1.165, 1.54) is 7.11 Å². The predicted molar refractivity (Wildman–Crippen MR) is 87.9 cm³/mol. The van der Waals surface area contributed by atoms with Crippen LogP contribution in [0, 0.1) is 13.8 Å². The Morgan fingerprint density at radius 1 is 1.18 bits per heavy atom. The molecule has 0 aliphatic carbocycles. The third kappa shape index (κ3) is 3.43. The summed E-state index contributed by atoms with van der Waals surface area (Å²) in [6, 6.07) is 10.9. The van der Waals surface area contributed by atoms with Gasteiger partial charge in [-0.2, -0.15) is 0 Å². The van der Waals surface area contributed by atoms with Gasteiger partial charge in [-0.15, -0.1) is 0 Å². The van der Waals surface area contributed by atoms with Crippen LogP contribution in [0.3, 0.4) is 0 Å². The molecule has 0 saturated heterocycles. The average molecular weight is 340 g/mol. The van der Waals surface area contributed by atoms with E-state index in [4.69, 9.17) is 16.3 Å². The van der Waals surface area contributed by atoms with E-state index in [9.17, 15) is 8.42 Å². The van der Waals surface area contributed by atoms with Gasteiger partial charge in [0.25, 0.3) is 0 Å². The van der Waals surface area contributed by atoms with E-state index in [0.717, 1.165) is 11.1 Å². The molecule has 0 unspecified atom stereocenters. The molecule has 0 saturated carbocycles. The van der Waals surface area contributed by atoms with Gasteiger partial charge in [-0.05, 0) is 36.6 Å². The average Bonchev–Trinajstić information content (AvgIpc) is 2.51. The van der Waals surface area contributed by atoms with E-state index in [0.29, 0.717) is 16.3 Å². The van der Waals surface area contributed by atoms with Crippen molar-refractivity contribution in [2.45, 2.75) is 25.3 Å². The van der Waals surface area contributed by atoms with Crippen molar-refractivity contribution in [3.05, 3.63) is 58.1 Å². The minimum Gasteiger partial charge on any atom is -0.495 e. The fraction of sp³-hybridized carbons (Fsp3) is 0.250. The second-order valence-electron chi connectivity index (χ2n) is 4.97. The van der Waals surface area contributed by atoms with Gasteiger partial charge in [0.15, 0.2) is 0 Å². The van der Waals surface area contributed by atoms with Crippen LogP contribution in [0.15, 0.2) is 41.3 Å². The Balaban J connectivity index is 2.39. The Hall–Kier alpha value is -1.56. The van der Waals surface area contributed by atoms with Gasteiger partial charge < -0.3 is 4.74 Å². The number of halogens is 1. The highest BCUT2D eigenvalue weighted by Crippen LogP contribution is 2.34. The molecule has 0 aliphatic heterocycles. The van der Waals surface area contributed by atoms with Gasteiger partial charge in [0.05, 0.1) is 7.11 Å². The summed E-state index contributed by atoms with van der Waals surface area (Å²) < 4.78 is 33.0. The Kier molecular flexibility index (Phi) is 5.11. The fourth-order valence-corrected chi connectivity index (χ4v) is 3.86. The molecule has 0 fully saturated rings. The molecule has 0 heterocycles. The predicted octanol–water partition coefficient (Wildman–Crippen LogP) is 3.44. The second kappa shape index (κ2) is 6.69. The summed E-state index contributed by atoms with van der Waals surface area (Å²) in [5.74, 6) is 0.292. The number of ether oxygens (including phenoxy) is 1. The maximum absolute atomic E-state index is 12.6. The molecule has 118 valence electrons. The molecule has 0 aliphatic rings. The van der Waals surface area contributed by atoms with Gasteiger partial charge in [0.1, 0.15) is 10.6 Å². The Bertz CT molecular complexity index is 774. The van der Waals surface area contributed by atoms with Crippen LogP contribution in [0.5, 0.6) is 5.75 Å². The second-order valence-corrected chi connectivity index (χ2v) is 7.06. The number of nitrogens with one attached hydrogen (secondary N) is 1. The summed E-state index contributed by atoms with van der Waals surface area (Å²) >= 11 is 6.19. The van der Waals surface area contributed by atoms with Crippen molar-refractivity contribution in [3.63, 3.8) is 0 Å². The summed E-state index contributed by atoms with van der Waals surface area (Å²) in [6.07, 6.45) is 0. The van der Waals surface area contributed by atoms with Crippen LogP contribution < -0.4 is 9.46 Å². The van der Waals surface area contributed by atoms with E-state index in [-0.39, 0.29) is 11.4 Å². The highest BCUT2D eigenvalue weighted by atomic mass is 35.5. The molecule has 2 aromatic rings. The monoisotopic (exact) mass is 339 g/mol. The molecule has 6 heteroatoms. The van der Waals surface area contributed by atoms with Crippen molar-refractivity contribution in [2.24, 2.45) is 0 Å². The Morgan fingerprint density at radius 2 is 1.82 bits per heavy atom. The molecule has 0 atom stereocenters. The van der Waals surface area contributed by atoms with E-state index in [1.807, 2.05) is 37.3 Å². The van der Waals surface area contributed by atoms with Crippen LogP contribution in [0.1, 0.15) is 16.7 Å². The highest BCUT2D eigenvalue weighted by Gasteiger charge is 2.24. The van der Waals surface area contributed by atoms with Crippen LogP contribution in [-0.4, -0.2) is 15.5 Å².